The van der Waals surface area contributed by atoms with E-state index in [1.165, 1.54) is 6.42 Å². The zero-order valence-corrected chi connectivity index (χ0v) is 11.6. The van der Waals surface area contributed by atoms with Gasteiger partial charge >= 0.3 is 0 Å². The van der Waals surface area contributed by atoms with Crippen LogP contribution in [0.1, 0.15) is 32.0 Å². The summed E-state index contributed by atoms with van der Waals surface area (Å²) in [6.45, 7) is 6.00. The van der Waals surface area contributed by atoms with E-state index in [0.29, 0.717) is 0 Å². The molecule has 0 atom stereocenters. The second-order valence-corrected chi connectivity index (χ2v) is 4.44. The van der Waals surface area contributed by atoms with E-state index in [0.717, 1.165) is 43.4 Å². The van der Waals surface area contributed by atoms with Crippen LogP contribution in [0.2, 0.25) is 0 Å². The van der Waals surface area contributed by atoms with E-state index in [1.54, 1.807) is 0 Å². The summed E-state index contributed by atoms with van der Waals surface area (Å²) in [5.41, 5.74) is 0. The lowest BCUT2D eigenvalue weighted by molar-refractivity contribution is 0.292. The second kappa shape index (κ2) is 7.87. The lowest BCUT2D eigenvalue weighted by atomic mass is 10.3. The molecule has 0 aromatic carbocycles. The Balaban J connectivity index is 2.67. The normalized spacial score (nSPS) is 10.4. The quantitative estimate of drug-likeness (QED) is 0.691. The molecule has 0 saturated heterocycles. The van der Waals surface area contributed by atoms with Crippen LogP contribution in [0, 0.1) is 6.92 Å². The van der Waals surface area contributed by atoms with Crippen LogP contribution in [0.4, 0.5) is 11.6 Å². The number of aliphatic hydroxyl groups is 1. The third kappa shape index (κ3) is 4.87. The highest BCUT2D eigenvalue weighted by atomic mass is 16.3. The van der Waals surface area contributed by atoms with E-state index >= 15 is 0 Å². The molecular weight excluding hydrogens is 228 g/mol. The van der Waals surface area contributed by atoms with Crippen molar-refractivity contribution in [1.29, 1.82) is 0 Å². The summed E-state index contributed by atoms with van der Waals surface area (Å²) in [4.78, 5) is 10.9. The molecule has 0 spiro atoms. The number of anilines is 2. The summed E-state index contributed by atoms with van der Waals surface area (Å²) in [5, 5.41) is 12.0. The lowest BCUT2D eigenvalue weighted by Gasteiger charge is -2.19. The van der Waals surface area contributed by atoms with Crippen molar-refractivity contribution in [2.45, 2.75) is 33.1 Å². The maximum absolute atomic E-state index is 8.76. The Morgan fingerprint density at radius 2 is 2.11 bits per heavy atom. The van der Waals surface area contributed by atoms with Crippen LogP contribution < -0.4 is 10.2 Å². The van der Waals surface area contributed by atoms with Crippen molar-refractivity contribution in [1.82, 2.24) is 9.97 Å². The molecule has 0 aliphatic heterocycles. The number of rotatable bonds is 8. The number of nitrogens with one attached hydrogen (secondary N) is 1. The van der Waals surface area contributed by atoms with Crippen molar-refractivity contribution < 1.29 is 5.11 Å². The molecule has 0 aliphatic rings. The zero-order valence-electron chi connectivity index (χ0n) is 11.6. The number of unbranched alkanes of at least 4 members (excludes halogenated alkanes) is 1. The Kier molecular flexibility index (Phi) is 6.43. The van der Waals surface area contributed by atoms with Gasteiger partial charge in [0, 0.05) is 32.8 Å². The molecule has 1 rings (SSSR count). The van der Waals surface area contributed by atoms with Crippen molar-refractivity contribution in [2.24, 2.45) is 0 Å². The van der Waals surface area contributed by atoms with Gasteiger partial charge in [0.2, 0.25) is 0 Å². The van der Waals surface area contributed by atoms with Crippen LogP contribution >= 0.6 is 0 Å². The Morgan fingerprint density at radius 3 is 2.78 bits per heavy atom. The van der Waals surface area contributed by atoms with Gasteiger partial charge in [-0.25, -0.2) is 9.97 Å². The van der Waals surface area contributed by atoms with Gasteiger partial charge in [-0.3, -0.25) is 0 Å². The van der Waals surface area contributed by atoms with Crippen molar-refractivity contribution in [3.8, 4) is 0 Å². The number of aryl methyl sites for hydroxylation is 1. The number of hydrogen-bond acceptors (Lipinski definition) is 5. The molecule has 0 radical (unpaired) electrons. The standard InChI is InChI=1S/C13H24N4O/c1-4-5-8-17(3)13-10-12(14-7-6-9-18)15-11(2)16-13/h10,18H,4-9H2,1-3H3,(H,14,15,16). The van der Waals surface area contributed by atoms with E-state index in [1.807, 2.05) is 13.0 Å². The highest BCUT2D eigenvalue weighted by molar-refractivity contribution is 5.48. The third-order valence-electron chi connectivity index (χ3n) is 2.70. The molecule has 1 aromatic heterocycles. The highest BCUT2D eigenvalue weighted by Gasteiger charge is 2.05. The maximum atomic E-state index is 8.76. The Morgan fingerprint density at radius 1 is 1.33 bits per heavy atom. The SMILES string of the molecule is CCCCN(C)c1cc(NCCCO)nc(C)n1. The van der Waals surface area contributed by atoms with Gasteiger partial charge in [-0.15, -0.1) is 0 Å². The molecule has 18 heavy (non-hydrogen) atoms. The number of hydrogen-bond donors (Lipinski definition) is 2. The van der Waals surface area contributed by atoms with Crippen LogP contribution in [0.25, 0.3) is 0 Å². The molecule has 0 saturated carbocycles. The summed E-state index contributed by atoms with van der Waals surface area (Å²) in [6, 6.07) is 1.96. The van der Waals surface area contributed by atoms with E-state index in [2.05, 4.69) is 34.2 Å². The highest BCUT2D eigenvalue weighted by Crippen LogP contribution is 2.15. The molecule has 2 N–H and O–H groups in total. The Bertz CT molecular complexity index is 357. The van der Waals surface area contributed by atoms with Crippen molar-refractivity contribution >= 4 is 11.6 Å². The van der Waals surface area contributed by atoms with Gasteiger partial charge in [0.05, 0.1) is 0 Å². The molecule has 0 bridgehead atoms. The van der Waals surface area contributed by atoms with Gasteiger partial charge in [-0.2, -0.15) is 0 Å². The van der Waals surface area contributed by atoms with Crippen LogP contribution in [0.15, 0.2) is 6.07 Å². The molecule has 0 unspecified atom stereocenters. The average molecular weight is 252 g/mol. The monoisotopic (exact) mass is 252 g/mol. The minimum Gasteiger partial charge on any atom is -0.396 e. The molecule has 5 nitrogen and oxygen atoms in total. The first-order valence-electron chi connectivity index (χ1n) is 6.59. The van der Waals surface area contributed by atoms with E-state index in [4.69, 9.17) is 5.11 Å². The second-order valence-electron chi connectivity index (χ2n) is 4.44. The zero-order chi connectivity index (χ0) is 13.4. The summed E-state index contributed by atoms with van der Waals surface area (Å²) in [5.74, 6) is 2.54. The van der Waals surface area contributed by atoms with Crippen molar-refractivity contribution in [3.63, 3.8) is 0 Å². The third-order valence-corrected chi connectivity index (χ3v) is 2.70. The van der Waals surface area contributed by atoms with E-state index in [-0.39, 0.29) is 6.61 Å². The van der Waals surface area contributed by atoms with Crippen LogP contribution in [-0.2, 0) is 0 Å². The first-order chi connectivity index (χ1) is 8.67. The fraction of sp³-hybridized carbons (Fsp3) is 0.692. The van der Waals surface area contributed by atoms with E-state index < -0.39 is 0 Å². The minimum absolute atomic E-state index is 0.195. The molecular formula is C13H24N4O. The maximum Gasteiger partial charge on any atom is 0.134 e. The number of aromatic nitrogens is 2. The van der Waals surface area contributed by atoms with Crippen LogP contribution in [-0.4, -0.2) is 41.8 Å². The first-order valence-corrected chi connectivity index (χ1v) is 6.59. The van der Waals surface area contributed by atoms with Gasteiger partial charge in [0.1, 0.15) is 17.5 Å². The van der Waals surface area contributed by atoms with Crippen molar-refractivity contribution in [3.05, 3.63) is 11.9 Å². The number of nitrogens with zero attached hydrogens (tertiary/aromatic N) is 3. The summed E-state index contributed by atoms with van der Waals surface area (Å²) in [7, 11) is 2.05. The lowest BCUT2D eigenvalue weighted by Crippen LogP contribution is -2.20. The summed E-state index contributed by atoms with van der Waals surface area (Å²) < 4.78 is 0. The van der Waals surface area contributed by atoms with Gasteiger partial charge in [-0.05, 0) is 19.8 Å². The molecule has 102 valence electrons. The van der Waals surface area contributed by atoms with Crippen LogP contribution in [0.3, 0.4) is 0 Å². The topological polar surface area (TPSA) is 61.3 Å². The fourth-order valence-electron chi connectivity index (χ4n) is 1.64. The minimum atomic E-state index is 0.195. The predicted molar refractivity (Wildman–Crippen MR) is 75.1 cm³/mol. The largest absolute Gasteiger partial charge is 0.396 e. The summed E-state index contributed by atoms with van der Waals surface area (Å²) >= 11 is 0. The van der Waals surface area contributed by atoms with Gasteiger partial charge in [-0.1, -0.05) is 13.3 Å². The molecule has 5 heteroatoms. The molecule has 0 fully saturated rings. The fourth-order valence-corrected chi connectivity index (χ4v) is 1.64. The van der Waals surface area contributed by atoms with Crippen LogP contribution in [0.5, 0.6) is 0 Å². The predicted octanol–water partition coefficient (Wildman–Crippen LogP) is 1.82. The van der Waals surface area contributed by atoms with Gasteiger partial charge < -0.3 is 15.3 Å². The molecule has 0 amide bonds. The molecule has 1 heterocycles. The Labute approximate surface area is 109 Å². The first kappa shape index (κ1) is 14.7. The van der Waals surface area contributed by atoms with Gasteiger partial charge in [0.25, 0.3) is 0 Å². The molecule has 1 aromatic rings. The Hall–Kier alpha value is -1.36. The number of aliphatic hydroxyl groups excluding tert-OH is 1. The van der Waals surface area contributed by atoms with E-state index in [9.17, 15) is 0 Å². The van der Waals surface area contributed by atoms with Gasteiger partial charge in [0.15, 0.2) is 0 Å². The average Bonchev–Trinajstić information content (AvgIpc) is 2.35. The van der Waals surface area contributed by atoms with Crippen molar-refractivity contribution in [2.75, 3.05) is 37.0 Å². The summed E-state index contributed by atoms with van der Waals surface area (Å²) in [6.07, 6.45) is 3.06. The molecule has 0 aliphatic carbocycles. The smallest absolute Gasteiger partial charge is 0.134 e.